The lowest BCUT2D eigenvalue weighted by Crippen LogP contribution is -2.18. The average Bonchev–Trinajstić information content (AvgIpc) is 2.28. The molecule has 0 unspecified atom stereocenters. The molecule has 1 rings (SSSR count). The predicted octanol–water partition coefficient (Wildman–Crippen LogP) is 3.06. The molecule has 19 heavy (non-hydrogen) atoms. The molecule has 0 atom stereocenters. The zero-order chi connectivity index (χ0) is 14.5. The molecule has 0 saturated heterocycles. The van der Waals surface area contributed by atoms with E-state index in [0.717, 1.165) is 6.07 Å². The second kappa shape index (κ2) is 6.60. The van der Waals surface area contributed by atoms with Gasteiger partial charge in [0.2, 0.25) is 0 Å². The van der Waals surface area contributed by atoms with E-state index in [1.165, 1.54) is 6.07 Å². The van der Waals surface area contributed by atoms with Crippen LogP contribution in [0.15, 0.2) is 12.1 Å². The van der Waals surface area contributed by atoms with Gasteiger partial charge in [-0.3, -0.25) is 0 Å². The van der Waals surface area contributed by atoms with Gasteiger partial charge in [-0.15, -0.1) is 0 Å². The first kappa shape index (κ1) is 15.6. The first-order valence-corrected chi connectivity index (χ1v) is 5.62. The molecule has 0 heterocycles. The summed E-state index contributed by atoms with van der Waals surface area (Å²) in [6.45, 7) is 0.379. The Kier molecular flexibility index (Phi) is 5.41. The van der Waals surface area contributed by atoms with Crippen LogP contribution in [0.1, 0.15) is 12.0 Å². The summed E-state index contributed by atoms with van der Waals surface area (Å²) >= 11 is 0. The maximum absolute atomic E-state index is 13.4. The Balaban J connectivity index is 2.28. The van der Waals surface area contributed by atoms with E-state index in [1.807, 2.05) is 0 Å². The van der Waals surface area contributed by atoms with Gasteiger partial charge in [-0.1, -0.05) is 0 Å². The fourth-order valence-electron chi connectivity index (χ4n) is 1.31. The van der Waals surface area contributed by atoms with Gasteiger partial charge in [0.05, 0.1) is 13.2 Å². The minimum atomic E-state index is -4.33. The minimum absolute atomic E-state index is 0.0301. The number of rotatable bonds is 6. The van der Waals surface area contributed by atoms with E-state index in [1.54, 1.807) is 6.92 Å². The number of nitrogen functional groups attached to an aromatic ring is 1. The Hall–Kier alpha value is -1.50. The van der Waals surface area contributed by atoms with E-state index in [2.05, 4.69) is 4.74 Å². The van der Waals surface area contributed by atoms with Crippen LogP contribution in [-0.4, -0.2) is 26.0 Å². The van der Waals surface area contributed by atoms with Crippen molar-refractivity contribution in [2.45, 2.75) is 19.5 Å². The van der Waals surface area contributed by atoms with Gasteiger partial charge in [0.15, 0.2) is 11.6 Å². The van der Waals surface area contributed by atoms with Gasteiger partial charge in [0, 0.05) is 18.2 Å². The lowest BCUT2D eigenvalue weighted by Gasteiger charge is -2.10. The zero-order valence-corrected chi connectivity index (χ0v) is 10.4. The molecule has 0 amide bonds. The van der Waals surface area contributed by atoms with Gasteiger partial charge >= 0.3 is 6.18 Å². The van der Waals surface area contributed by atoms with Crippen LogP contribution >= 0.6 is 0 Å². The summed E-state index contributed by atoms with van der Waals surface area (Å²) in [7, 11) is 0. The summed E-state index contributed by atoms with van der Waals surface area (Å²) < 4.78 is 58.1. The number of alkyl halides is 3. The first-order chi connectivity index (χ1) is 8.79. The van der Waals surface area contributed by atoms with Crippen molar-refractivity contribution >= 4 is 5.69 Å². The van der Waals surface area contributed by atoms with Crippen molar-refractivity contribution < 1.29 is 27.0 Å². The molecule has 108 valence electrons. The van der Waals surface area contributed by atoms with Gasteiger partial charge in [0.1, 0.15) is 6.61 Å². The monoisotopic (exact) mass is 281 g/mol. The summed E-state index contributed by atoms with van der Waals surface area (Å²) in [5.74, 6) is -0.568. The highest BCUT2D eigenvalue weighted by Crippen LogP contribution is 2.23. The normalized spacial score (nSPS) is 11.6. The van der Waals surface area contributed by atoms with Crippen molar-refractivity contribution in [1.82, 2.24) is 0 Å². The SMILES string of the molecule is Cc1cc(OCCCOCC(F)(F)F)c(F)cc1N. The van der Waals surface area contributed by atoms with Crippen molar-refractivity contribution in [1.29, 1.82) is 0 Å². The molecule has 0 aromatic heterocycles. The number of anilines is 1. The summed E-state index contributed by atoms with van der Waals surface area (Å²) in [6, 6.07) is 2.59. The van der Waals surface area contributed by atoms with Crippen molar-refractivity contribution in [3.8, 4) is 5.75 Å². The maximum Gasteiger partial charge on any atom is 0.411 e. The van der Waals surface area contributed by atoms with Gasteiger partial charge in [-0.2, -0.15) is 13.2 Å². The Morgan fingerprint density at radius 2 is 1.89 bits per heavy atom. The van der Waals surface area contributed by atoms with Crippen LogP contribution in [-0.2, 0) is 4.74 Å². The van der Waals surface area contributed by atoms with E-state index in [9.17, 15) is 17.6 Å². The molecule has 2 N–H and O–H groups in total. The molecule has 1 aromatic carbocycles. The molecule has 0 radical (unpaired) electrons. The predicted molar refractivity (Wildman–Crippen MR) is 62.5 cm³/mol. The molecular formula is C12H15F4NO2. The second-order valence-electron chi connectivity index (χ2n) is 4.01. The Morgan fingerprint density at radius 1 is 1.21 bits per heavy atom. The van der Waals surface area contributed by atoms with Crippen LogP contribution in [0, 0.1) is 12.7 Å². The van der Waals surface area contributed by atoms with Crippen molar-refractivity contribution in [2.24, 2.45) is 0 Å². The zero-order valence-electron chi connectivity index (χ0n) is 10.4. The molecule has 1 aromatic rings. The van der Waals surface area contributed by atoms with Crippen LogP contribution in [0.5, 0.6) is 5.75 Å². The molecular weight excluding hydrogens is 266 g/mol. The highest BCUT2D eigenvalue weighted by atomic mass is 19.4. The second-order valence-corrected chi connectivity index (χ2v) is 4.01. The molecule has 0 aliphatic carbocycles. The molecule has 0 fully saturated rings. The third kappa shape index (κ3) is 5.78. The molecule has 7 heteroatoms. The summed E-state index contributed by atoms with van der Waals surface area (Å²) in [5.41, 5.74) is 6.49. The molecule has 3 nitrogen and oxygen atoms in total. The maximum atomic E-state index is 13.4. The Bertz CT molecular complexity index is 421. The van der Waals surface area contributed by atoms with Crippen LogP contribution in [0.4, 0.5) is 23.2 Å². The lowest BCUT2D eigenvalue weighted by molar-refractivity contribution is -0.174. The van der Waals surface area contributed by atoms with E-state index >= 15 is 0 Å². The molecule has 0 spiro atoms. The average molecular weight is 281 g/mol. The van der Waals surface area contributed by atoms with E-state index in [-0.39, 0.29) is 25.4 Å². The van der Waals surface area contributed by atoms with Gasteiger partial charge in [-0.05, 0) is 18.6 Å². The number of benzene rings is 1. The van der Waals surface area contributed by atoms with E-state index in [0.29, 0.717) is 11.3 Å². The minimum Gasteiger partial charge on any atom is -0.490 e. The van der Waals surface area contributed by atoms with Gasteiger partial charge in [-0.25, -0.2) is 4.39 Å². The third-order valence-electron chi connectivity index (χ3n) is 2.28. The fourth-order valence-corrected chi connectivity index (χ4v) is 1.31. The number of nitrogens with two attached hydrogens (primary N) is 1. The van der Waals surface area contributed by atoms with E-state index < -0.39 is 18.6 Å². The summed E-state index contributed by atoms with van der Waals surface area (Å²) in [6.07, 6.45) is -4.10. The Labute approximate surface area is 108 Å². The van der Waals surface area contributed by atoms with Gasteiger partial charge in [0.25, 0.3) is 0 Å². The molecule has 0 aliphatic rings. The summed E-state index contributed by atoms with van der Waals surface area (Å²) in [5, 5.41) is 0. The van der Waals surface area contributed by atoms with E-state index in [4.69, 9.17) is 10.5 Å². The third-order valence-corrected chi connectivity index (χ3v) is 2.28. The number of hydrogen-bond donors (Lipinski definition) is 1. The lowest BCUT2D eigenvalue weighted by atomic mass is 10.2. The first-order valence-electron chi connectivity index (χ1n) is 5.62. The van der Waals surface area contributed by atoms with Crippen LogP contribution in [0.25, 0.3) is 0 Å². The molecule has 0 saturated carbocycles. The largest absolute Gasteiger partial charge is 0.490 e. The van der Waals surface area contributed by atoms with Crippen LogP contribution in [0.2, 0.25) is 0 Å². The Morgan fingerprint density at radius 3 is 2.53 bits per heavy atom. The standard InChI is InChI=1S/C12H15F4NO2/c1-8-5-11(9(13)6-10(8)17)19-4-2-3-18-7-12(14,15)16/h5-6H,2-4,7,17H2,1H3. The smallest absolute Gasteiger partial charge is 0.411 e. The number of aryl methyl sites for hydroxylation is 1. The summed E-state index contributed by atoms with van der Waals surface area (Å²) in [4.78, 5) is 0. The van der Waals surface area contributed by atoms with Crippen molar-refractivity contribution in [3.05, 3.63) is 23.5 Å². The molecule has 0 bridgehead atoms. The highest BCUT2D eigenvalue weighted by Gasteiger charge is 2.27. The van der Waals surface area contributed by atoms with Crippen LogP contribution < -0.4 is 10.5 Å². The quantitative estimate of drug-likeness (QED) is 0.495. The fraction of sp³-hybridized carbons (Fsp3) is 0.500. The van der Waals surface area contributed by atoms with Crippen LogP contribution in [0.3, 0.4) is 0 Å². The molecule has 0 aliphatic heterocycles. The number of ether oxygens (including phenoxy) is 2. The number of hydrogen-bond acceptors (Lipinski definition) is 3. The topological polar surface area (TPSA) is 44.5 Å². The van der Waals surface area contributed by atoms with Crippen molar-refractivity contribution in [2.75, 3.05) is 25.6 Å². The van der Waals surface area contributed by atoms with Gasteiger partial charge < -0.3 is 15.2 Å². The van der Waals surface area contributed by atoms with Crippen molar-refractivity contribution in [3.63, 3.8) is 0 Å². The number of halogens is 4. The highest BCUT2D eigenvalue weighted by molar-refractivity contribution is 5.50.